The third-order valence-corrected chi connectivity index (χ3v) is 6.97. The van der Waals surface area contributed by atoms with E-state index in [4.69, 9.17) is 0 Å². The van der Waals surface area contributed by atoms with Gasteiger partial charge in [0.25, 0.3) is 5.91 Å². The van der Waals surface area contributed by atoms with Crippen LogP contribution in [0.2, 0.25) is 0 Å². The number of carboxylic acids is 1. The second kappa shape index (κ2) is 10.8. The van der Waals surface area contributed by atoms with Crippen LogP contribution in [0.4, 0.5) is 16.2 Å². The molecule has 36 heavy (non-hydrogen) atoms. The Kier molecular flexibility index (Phi) is 7.58. The smallest absolute Gasteiger partial charge is 0.326 e. The SMILES string of the molecule is Cc1cc(C)c(NC(=O)Nc2cc3c(cc2C(=O)N[C@H](C(=O)O)C2CCCC2)C=CC=CC3)c(C)c1. The standard InChI is InChI=1S/C29H33N3O4/c1-17-13-18(2)25(19(3)14-17)32-29(36)30-24-16-22-12-6-4-5-11-21(22)15-23(24)27(33)31-26(28(34)35)20-9-7-8-10-20/h4-6,11,13-16,20,26H,7-10,12H2,1-3H3,(H,31,33)(H,34,35)(H2,30,32,36)/t26-/m0/s1. The van der Waals surface area contributed by atoms with E-state index in [1.807, 2.05) is 57.2 Å². The number of amides is 3. The van der Waals surface area contributed by atoms with Crippen LogP contribution in [0.3, 0.4) is 0 Å². The average Bonchev–Trinajstić information content (AvgIpc) is 3.24. The highest BCUT2D eigenvalue weighted by atomic mass is 16.4. The highest BCUT2D eigenvalue weighted by Gasteiger charge is 2.32. The van der Waals surface area contributed by atoms with Crippen molar-refractivity contribution in [2.24, 2.45) is 5.92 Å². The molecule has 1 saturated carbocycles. The fourth-order valence-corrected chi connectivity index (χ4v) is 5.25. The summed E-state index contributed by atoms with van der Waals surface area (Å²) >= 11 is 0. The van der Waals surface area contributed by atoms with Gasteiger partial charge in [-0.05, 0) is 80.3 Å². The summed E-state index contributed by atoms with van der Waals surface area (Å²) in [6.45, 7) is 5.87. The molecule has 0 bridgehead atoms. The molecular formula is C29H33N3O4. The summed E-state index contributed by atoms with van der Waals surface area (Å²) in [5.41, 5.74) is 6.10. The maximum atomic E-state index is 13.4. The van der Waals surface area contributed by atoms with Gasteiger partial charge in [-0.25, -0.2) is 9.59 Å². The van der Waals surface area contributed by atoms with Gasteiger partial charge in [0.1, 0.15) is 6.04 Å². The van der Waals surface area contributed by atoms with E-state index in [9.17, 15) is 19.5 Å². The molecule has 0 aliphatic heterocycles. The lowest BCUT2D eigenvalue weighted by Crippen LogP contribution is -2.45. The van der Waals surface area contributed by atoms with Crippen LogP contribution in [0, 0.1) is 26.7 Å². The molecule has 1 fully saturated rings. The second-order valence-corrected chi connectivity index (χ2v) is 9.77. The number of carbonyl (C=O) groups excluding carboxylic acids is 2. The van der Waals surface area contributed by atoms with Crippen LogP contribution >= 0.6 is 0 Å². The molecule has 2 aliphatic rings. The van der Waals surface area contributed by atoms with Gasteiger partial charge >= 0.3 is 12.0 Å². The minimum absolute atomic E-state index is 0.0939. The molecule has 4 rings (SSSR count). The largest absolute Gasteiger partial charge is 0.480 e. The molecule has 0 aromatic heterocycles. The molecule has 0 spiro atoms. The number of fused-ring (bicyclic) bond motifs is 1. The normalized spacial score (nSPS) is 15.6. The molecule has 3 amide bonds. The molecule has 2 aromatic rings. The molecule has 7 nitrogen and oxygen atoms in total. The Morgan fingerprint density at radius 3 is 2.31 bits per heavy atom. The zero-order valence-corrected chi connectivity index (χ0v) is 21.0. The lowest BCUT2D eigenvalue weighted by atomic mass is 9.96. The highest BCUT2D eigenvalue weighted by molar-refractivity contribution is 6.08. The number of rotatable bonds is 6. The van der Waals surface area contributed by atoms with Crippen LogP contribution in [0.25, 0.3) is 6.08 Å². The molecule has 0 saturated heterocycles. The van der Waals surface area contributed by atoms with E-state index in [2.05, 4.69) is 16.0 Å². The third-order valence-electron chi connectivity index (χ3n) is 6.97. The van der Waals surface area contributed by atoms with Gasteiger partial charge in [-0.3, -0.25) is 4.79 Å². The molecule has 1 atom stereocenters. The van der Waals surface area contributed by atoms with Crippen molar-refractivity contribution in [3.63, 3.8) is 0 Å². The summed E-state index contributed by atoms with van der Waals surface area (Å²) in [6, 6.07) is 6.08. The number of aliphatic carboxylic acids is 1. The molecule has 0 unspecified atom stereocenters. The number of hydrogen-bond donors (Lipinski definition) is 4. The molecule has 7 heteroatoms. The first-order chi connectivity index (χ1) is 17.2. The van der Waals surface area contributed by atoms with Crippen LogP contribution < -0.4 is 16.0 Å². The van der Waals surface area contributed by atoms with Crippen molar-refractivity contribution in [3.05, 3.63) is 75.9 Å². The number of benzene rings is 2. The van der Waals surface area contributed by atoms with Gasteiger partial charge in [-0.1, -0.05) is 54.8 Å². The average molecular weight is 488 g/mol. The van der Waals surface area contributed by atoms with E-state index < -0.39 is 23.9 Å². The maximum absolute atomic E-state index is 13.4. The lowest BCUT2D eigenvalue weighted by molar-refractivity contribution is -0.140. The zero-order valence-electron chi connectivity index (χ0n) is 21.0. The molecule has 2 aromatic carbocycles. The monoisotopic (exact) mass is 487 g/mol. The van der Waals surface area contributed by atoms with Gasteiger partial charge in [0.15, 0.2) is 0 Å². The van der Waals surface area contributed by atoms with Gasteiger partial charge in [0.2, 0.25) is 0 Å². The van der Waals surface area contributed by atoms with Crippen molar-refractivity contribution in [3.8, 4) is 0 Å². The predicted molar refractivity (Wildman–Crippen MR) is 142 cm³/mol. The zero-order chi connectivity index (χ0) is 25.8. The van der Waals surface area contributed by atoms with Crippen molar-refractivity contribution < 1.29 is 19.5 Å². The lowest BCUT2D eigenvalue weighted by Gasteiger charge is -2.22. The van der Waals surface area contributed by atoms with Gasteiger partial charge in [-0.2, -0.15) is 0 Å². The Hall–Kier alpha value is -3.87. The van der Waals surface area contributed by atoms with Crippen LogP contribution in [-0.4, -0.2) is 29.1 Å². The number of nitrogens with one attached hydrogen (secondary N) is 3. The Balaban J connectivity index is 1.64. The van der Waals surface area contributed by atoms with Gasteiger partial charge in [0.05, 0.1) is 11.3 Å². The Morgan fingerprint density at radius 1 is 0.944 bits per heavy atom. The third kappa shape index (κ3) is 5.67. The molecule has 2 aliphatic carbocycles. The summed E-state index contributed by atoms with van der Waals surface area (Å²) < 4.78 is 0. The first-order valence-corrected chi connectivity index (χ1v) is 12.4. The quantitative estimate of drug-likeness (QED) is 0.416. The Morgan fingerprint density at radius 2 is 1.64 bits per heavy atom. The number of allylic oxidation sites excluding steroid dienone is 3. The summed E-state index contributed by atoms with van der Waals surface area (Å²) in [5.74, 6) is -1.64. The van der Waals surface area contributed by atoms with E-state index in [0.29, 0.717) is 12.1 Å². The first kappa shape index (κ1) is 25.2. The number of carboxylic acid groups (broad SMARTS) is 1. The molecule has 0 radical (unpaired) electrons. The van der Waals surface area contributed by atoms with E-state index in [0.717, 1.165) is 59.2 Å². The van der Waals surface area contributed by atoms with Gasteiger partial charge in [-0.15, -0.1) is 0 Å². The van der Waals surface area contributed by atoms with Crippen molar-refractivity contribution >= 4 is 35.4 Å². The number of carbonyl (C=O) groups is 3. The number of aryl methyl sites for hydroxylation is 3. The summed E-state index contributed by atoms with van der Waals surface area (Å²) in [7, 11) is 0. The van der Waals surface area contributed by atoms with Gasteiger partial charge in [0, 0.05) is 5.69 Å². The minimum atomic E-state index is -1.04. The maximum Gasteiger partial charge on any atom is 0.326 e. The van der Waals surface area contributed by atoms with Crippen molar-refractivity contribution in [1.82, 2.24) is 5.32 Å². The van der Waals surface area contributed by atoms with Crippen LogP contribution in [-0.2, 0) is 11.2 Å². The number of urea groups is 1. The molecule has 4 N–H and O–H groups in total. The van der Waals surface area contributed by atoms with Crippen molar-refractivity contribution in [2.75, 3.05) is 10.6 Å². The van der Waals surface area contributed by atoms with Gasteiger partial charge < -0.3 is 21.1 Å². The first-order valence-electron chi connectivity index (χ1n) is 12.4. The van der Waals surface area contributed by atoms with Crippen LogP contribution in [0.1, 0.15) is 63.9 Å². The summed E-state index contributed by atoms with van der Waals surface area (Å²) in [5, 5.41) is 18.3. The highest BCUT2D eigenvalue weighted by Crippen LogP contribution is 2.30. The van der Waals surface area contributed by atoms with Crippen molar-refractivity contribution in [1.29, 1.82) is 0 Å². The fraction of sp³-hybridized carbons (Fsp3) is 0.345. The number of anilines is 2. The number of hydrogen-bond acceptors (Lipinski definition) is 3. The topological polar surface area (TPSA) is 108 Å². The van der Waals surface area contributed by atoms with E-state index in [1.165, 1.54) is 0 Å². The molecular weight excluding hydrogens is 454 g/mol. The predicted octanol–water partition coefficient (Wildman–Crippen LogP) is 5.75. The van der Waals surface area contributed by atoms with E-state index in [1.54, 1.807) is 12.1 Å². The van der Waals surface area contributed by atoms with Crippen LogP contribution in [0.5, 0.6) is 0 Å². The van der Waals surface area contributed by atoms with E-state index >= 15 is 0 Å². The minimum Gasteiger partial charge on any atom is -0.480 e. The second-order valence-electron chi connectivity index (χ2n) is 9.77. The van der Waals surface area contributed by atoms with E-state index in [-0.39, 0.29) is 11.5 Å². The van der Waals surface area contributed by atoms with Crippen LogP contribution in [0.15, 0.2) is 42.5 Å². The summed E-state index contributed by atoms with van der Waals surface area (Å²) in [4.78, 5) is 38.4. The molecule has 0 heterocycles. The Bertz CT molecular complexity index is 1230. The fourth-order valence-electron chi connectivity index (χ4n) is 5.25. The summed E-state index contributed by atoms with van der Waals surface area (Å²) in [6.07, 6.45) is 11.9. The Labute approximate surface area is 211 Å². The van der Waals surface area contributed by atoms with Crippen molar-refractivity contribution in [2.45, 2.75) is 58.9 Å². The molecule has 188 valence electrons.